The van der Waals surface area contributed by atoms with Crippen molar-refractivity contribution < 1.29 is 9.84 Å². The van der Waals surface area contributed by atoms with Crippen LogP contribution in [0.5, 0.6) is 11.5 Å². The van der Waals surface area contributed by atoms with Gasteiger partial charge in [0.15, 0.2) is 0 Å². The van der Waals surface area contributed by atoms with Crippen molar-refractivity contribution in [3.63, 3.8) is 0 Å². The van der Waals surface area contributed by atoms with Crippen LogP contribution in [0.4, 0.5) is 0 Å². The number of phenols is 1. The van der Waals surface area contributed by atoms with Crippen molar-refractivity contribution in [3.8, 4) is 11.5 Å². The number of benzene rings is 1. The van der Waals surface area contributed by atoms with Gasteiger partial charge in [0, 0.05) is 30.5 Å². The van der Waals surface area contributed by atoms with E-state index in [1.807, 2.05) is 25.4 Å². The van der Waals surface area contributed by atoms with Crippen molar-refractivity contribution in [1.29, 1.82) is 0 Å². The summed E-state index contributed by atoms with van der Waals surface area (Å²) in [5.41, 5.74) is 0.866. The lowest BCUT2D eigenvalue weighted by atomic mass is 10.1. The Hall–Kier alpha value is -2.01. The molecule has 0 radical (unpaired) electrons. The zero-order valence-electron chi connectivity index (χ0n) is 13.5. The van der Waals surface area contributed by atoms with Crippen molar-refractivity contribution in [2.24, 2.45) is 0 Å². The highest BCUT2D eigenvalue weighted by atomic mass is 16.5. The number of hydrogen-bond acceptors (Lipinski definition) is 4. The summed E-state index contributed by atoms with van der Waals surface area (Å²) in [5, 5.41) is 13.4. The van der Waals surface area contributed by atoms with Crippen LogP contribution in [0.1, 0.15) is 37.2 Å². The molecule has 1 heterocycles. The van der Waals surface area contributed by atoms with Gasteiger partial charge in [0.05, 0.1) is 7.11 Å². The predicted molar refractivity (Wildman–Crippen MR) is 87.3 cm³/mol. The van der Waals surface area contributed by atoms with Gasteiger partial charge in [0.25, 0.3) is 0 Å². The van der Waals surface area contributed by atoms with E-state index in [2.05, 4.69) is 21.8 Å². The molecule has 5 nitrogen and oxygen atoms in total. The third kappa shape index (κ3) is 4.24. The molecule has 5 heteroatoms. The lowest BCUT2D eigenvalue weighted by molar-refractivity contribution is 0.407. The van der Waals surface area contributed by atoms with E-state index in [9.17, 15) is 5.11 Å². The van der Waals surface area contributed by atoms with Crippen molar-refractivity contribution in [2.45, 2.75) is 39.3 Å². The van der Waals surface area contributed by atoms with Crippen LogP contribution in [0.25, 0.3) is 0 Å². The average Bonchev–Trinajstić information content (AvgIpc) is 2.92. The minimum atomic E-state index is 0.0880. The molecular weight excluding hydrogens is 278 g/mol. The Kier molecular flexibility index (Phi) is 5.83. The van der Waals surface area contributed by atoms with E-state index in [1.54, 1.807) is 19.2 Å². The molecule has 0 bridgehead atoms. The van der Waals surface area contributed by atoms with Crippen LogP contribution in [0, 0.1) is 6.92 Å². The topological polar surface area (TPSA) is 59.3 Å². The van der Waals surface area contributed by atoms with Crippen LogP contribution in [0.2, 0.25) is 0 Å². The van der Waals surface area contributed by atoms with E-state index in [-0.39, 0.29) is 6.04 Å². The normalized spacial score (nSPS) is 12.3. The molecule has 0 aliphatic heterocycles. The van der Waals surface area contributed by atoms with Gasteiger partial charge >= 0.3 is 0 Å². The first kappa shape index (κ1) is 16.4. The summed E-state index contributed by atoms with van der Waals surface area (Å²) in [5.74, 6) is 2.12. The first-order chi connectivity index (χ1) is 10.6. The summed E-state index contributed by atoms with van der Waals surface area (Å²) in [7, 11) is 1.63. The number of phenolic OH excluding ortho intramolecular Hbond substituents is 1. The van der Waals surface area contributed by atoms with E-state index < -0.39 is 0 Å². The molecule has 0 unspecified atom stereocenters. The summed E-state index contributed by atoms with van der Waals surface area (Å²) >= 11 is 0. The van der Waals surface area contributed by atoms with Crippen molar-refractivity contribution in [1.82, 2.24) is 14.9 Å². The zero-order valence-corrected chi connectivity index (χ0v) is 13.5. The molecule has 2 rings (SSSR count). The van der Waals surface area contributed by atoms with Gasteiger partial charge in [-0.3, -0.25) is 0 Å². The maximum absolute atomic E-state index is 9.95. The van der Waals surface area contributed by atoms with Gasteiger partial charge in [0.2, 0.25) is 0 Å². The molecule has 2 N–H and O–H groups in total. The summed E-state index contributed by atoms with van der Waals surface area (Å²) in [6, 6.07) is 5.40. The molecule has 0 fully saturated rings. The Balaban J connectivity index is 1.76. The van der Waals surface area contributed by atoms with Crippen LogP contribution >= 0.6 is 0 Å². The molecule has 1 aromatic heterocycles. The molecule has 0 spiro atoms. The molecule has 0 saturated heterocycles. The SMILES string of the molecule is COc1ccc(O)c([C@@H](C)NCCCCn2ccnc2C)c1. The van der Waals surface area contributed by atoms with Crippen molar-refractivity contribution in [3.05, 3.63) is 42.0 Å². The quantitative estimate of drug-likeness (QED) is 0.736. The molecule has 0 saturated carbocycles. The fourth-order valence-corrected chi connectivity index (χ4v) is 2.48. The van der Waals surface area contributed by atoms with Gasteiger partial charge in [-0.25, -0.2) is 4.98 Å². The second-order valence-corrected chi connectivity index (χ2v) is 5.48. The number of rotatable bonds is 8. The van der Waals surface area contributed by atoms with Crippen LogP contribution in [0.3, 0.4) is 0 Å². The molecule has 0 amide bonds. The average molecular weight is 303 g/mol. The number of ether oxygens (including phenoxy) is 1. The Morgan fingerprint density at radius 1 is 1.36 bits per heavy atom. The predicted octanol–water partition coefficient (Wildman–Crippen LogP) is 3.04. The van der Waals surface area contributed by atoms with Gasteiger partial charge in [-0.1, -0.05) is 0 Å². The minimum absolute atomic E-state index is 0.0880. The fraction of sp³-hybridized carbons (Fsp3) is 0.471. The van der Waals surface area contributed by atoms with Crippen molar-refractivity contribution >= 4 is 0 Å². The number of methoxy groups -OCH3 is 1. The summed E-state index contributed by atoms with van der Waals surface area (Å²) in [6.45, 7) is 5.97. The van der Waals surface area contributed by atoms with Gasteiger partial charge in [0.1, 0.15) is 17.3 Å². The zero-order chi connectivity index (χ0) is 15.9. The minimum Gasteiger partial charge on any atom is -0.508 e. The summed E-state index contributed by atoms with van der Waals surface area (Å²) in [4.78, 5) is 4.22. The lowest BCUT2D eigenvalue weighted by Crippen LogP contribution is -2.20. The molecular formula is C17H25N3O2. The number of unbranched alkanes of at least 4 members (excludes halogenated alkanes) is 1. The molecule has 0 aliphatic rings. The maximum atomic E-state index is 9.95. The van der Waals surface area contributed by atoms with Gasteiger partial charge in [-0.2, -0.15) is 0 Å². The number of aromatic nitrogens is 2. The fourth-order valence-electron chi connectivity index (χ4n) is 2.48. The number of nitrogens with zero attached hydrogens (tertiary/aromatic N) is 2. The first-order valence-electron chi connectivity index (χ1n) is 7.70. The van der Waals surface area contributed by atoms with Gasteiger partial charge in [-0.15, -0.1) is 0 Å². The third-order valence-corrected chi connectivity index (χ3v) is 3.90. The summed E-state index contributed by atoms with van der Waals surface area (Å²) < 4.78 is 7.37. The first-order valence-corrected chi connectivity index (χ1v) is 7.70. The molecule has 2 aromatic rings. The van der Waals surface area contributed by atoms with E-state index >= 15 is 0 Å². The lowest BCUT2D eigenvalue weighted by Gasteiger charge is -2.16. The second-order valence-electron chi connectivity index (χ2n) is 5.48. The second kappa shape index (κ2) is 7.84. The maximum Gasteiger partial charge on any atom is 0.120 e. The standard InChI is InChI=1S/C17H25N3O2/c1-13(16-12-15(22-3)6-7-17(16)21)18-8-4-5-10-20-11-9-19-14(20)2/h6-7,9,11-13,18,21H,4-5,8,10H2,1-3H3/t13-/m1/s1. The molecule has 120 valence electrons. The van der Waals surface area contributed by atoms with Crippen LogP contribution in [0.15, 0.2) is 30.6 Å². The van der Waals surface area contributed by atoms with Crippen LogP contribution < -0.4 is 10.1 Å². The smallest absolute Gasteiger partial charge is 0.120 e. The molecule has 0 aliphatic carbocycles. The highest BCUT2D eigenvalue weighted by Crippen LogP contribution is 2.28. The Labute approximate surface area is 132 Å². The Morgan fingerprint density at radius 2 is 2.18 bits per heavy atom. The van der Waals surface area contributed by atoms with E-state index in [0.717, 1.165) is 43.1 Å². The number of imidazole rings is 1. The van der Waals surface area contributed by atoms with Crippen molar-refractivity contribution in [2.75, 3.05) is 13.7 Å². The third-order valence-electron chi connectivity index (χ3n) is 3.90. The summed E-state index contributed by atoms with van der Waals surface area (Å²) in [6.07, 6.45) is 6.02. The number of nitrogens with one attached hydrogen (secondary N) is 1. The van der Waals surface area contributed by atoms with E-state index in [1.165, 1.54) is 0 Å². The molecule has 1 aromatic carbocycles. The van der Waals surface area contributed by atoms with Gasteiger partial charge in [-0.05, 0) is 51.4 Å². The molecule has 1 atom stereocenters. The van der Waals surface area contributed by atoms with Gasteiger partial charge < -0.3 is 19.7 Å². The monoisotopic (exact) mass is 303 g/mol. The number of hydrogen-bond donors (Lipinski definition) is 2. The van der Waals surface area contributed by atoms with Crippen LogP contribution in [-0.2, 0) is 6.54 Å². The Morgan fingerprint density at radius 3 is 2.86 bits per heavy atom. The number of aromatic hydroxyl groups is 1. The van der Waals surface area contributed by atoms with Crippen LogP contribution in [-0.4, -0.2) is 28.3 Å². The van der Waals surface area contributed by atoms with E-state index in [4.69, 9.17) is 4.74 Å². The highest BCUT2D eigenvalue weighted by Gasteiger charge is 2.10. The number of aryl methyl sites for hydroxylation is 2. The molecule has 22 heavy (non-hydrogen) atoms. The highest BCUT2D eigenvalue weighted by molar-refractivity contribution is 5.41. The largest absolute Gasteiger partial charge is 0.508 e. The Bertz CT molecular complexity index is 595. The van der Waals surface area contributed by atoms with E-state index in [0.29, 0.717) is 5.75 Å².